The monoisotopic (exact) mass is 398 g/mol. The van der Waals surface area contributed by atoms with E-state index >= 15 is 0 Å². The molecule has 2 aromatic carbocycles. The number of amides is 2. The molecule has 0 aliphatic carbocycles. The van der Waals surface area contributed by atoms with Crippen LogP contribution in [0.15, 0.2) is 46.9 Å². The Morgan fingerprint density at radius 1 is 1.00 bits per heavy atom. The zero-order valence-electron chi connectivity index (χ0n) is 11.9. The summed E-state index contributed by atoms with van der Waals surface area (Å²) in [6.45, 7) is 0.359. The minimum Gasteiger partial charge on any atom is -0.350 e. The molecule has 120 valence electrons. The van der Waals surface area contributed by atoms with E-state index in [2.05, 4.69) is 26.6 Å². The van der Waals surface area contributed by atoms with Gasteiger partial charge >= 0.3 is 0 Å². The number of carbonyl (C=O) groups is 2. The number of rotatable bonds is 5. The molecular formula is C16H13BrClFN2O2. The predicted molar refractivity (Wildman–Crippen MR) is 90.2 cm³/mol. The van der Waals surface area contributed by atoms with Crippen LogP contribution in [-0.2, 0) is 0 Å². The molecule has 23 heavy (non-hydrogen) atoms. The average Bonchev–Trinajstić information content (AvgIpc) is 2.51. The molecule has 7 heteroatoms. The molecule has 4 nitrogen and oxygen atoms in total. The highest BCUT2D eigenvalue weighted by Crippen LogP contribution is 2.18. The van der Waals surface area contributed by atoms with Crippen molar-refractivity contribution in [2.75, 3.05) is 13.1 Å². The van der Waals surface area contributed by atoms with Gasteiger partial charge in [-0.25, -0.2) is 4.39 Å². The Bertz CT molecular complexity index is 720. The van der Waals surface area contributed by atoms with Crippen molar-refractivity contribution < 1.29 is 14.0 Å². The van der Waals surface area contributed by atoms with Gasteiger partial charge in [0.1, 0.15) is 5.82 Å². The van der Waals surface area contributed by atoms with Gasteiger partial charge in [0.25, 0.3) is 11.8 Å². The quantitative estimate of drug-likeness (QED) is 0.757. The minimum absolute atomic E-state index is 0.0414. The third-order valence-electron chi connectivity index (χ3n) is 3.00. The standard InChI is InChI=1S/C16H13BrClFN2O2/c17-11-5-2-1-4-10(11)15(22)20-8-9-21-16(23)14-12(18)6-3-7-13(14)19/h1-7H,8-9H2,(H,20,22)(H,21,23). The normalized spacial score (nSPS) is 10.2. The molecule has 0 aliphatic rings. The summed E-state index contributed by atoms with van der Waals surface area (Å²) in [7, 11) is 0. The van der Waals surface area contributed by atoms with Crippen molar-refractivity contribution in [3.05, 3.63) is 68.9 Å². The van der Waals surface area contributed by atoms with Gasteiger partial charge in [-0.15, -0.1) is 0 Å². The fraction of sp³-hybridized carbons (Fsp3) is 0.125. The van der Waals surface area contributed by atoms with Crippen LogP contribution in [0.4, 0.5) is 4.39 Å². The second-order valence-corrected chi connectivity index (χ2v) is 5.85. The second kappa shape index (κ2) is 8.08. The van der Waals surface area contributed by atoms with E-state index in [1.807, 2.05) is 0 Å². The molecule has 0 radical (unpaired) electrons. The molecule has 0 bridgehead atoms. The van der Waals surface area contributed by atoms with E-state index in [-0.39, 0.29) is 29.6 Å². The van der Waals surface area contributed by atoms with Crippen LogP contribution in [0.25, 0.3) is 0 Å². The molecule has 2 amide bonds. The van der Waals surface area contributed by atoms with E-state index in [9.17, 15) is 14.0 Å². The van der Waals surface area contributed by atoms with Crippen LogP contribution < -0.4 is 10.6 Å². The van der Waals surface area contributed by atoms with Crippen LogP contribution in [0.2, 0.25) is 5.02 Å². The Balaban J connectivity index is 1.85. The zero-order valence-corrected chi connectivity index (χ0v) is 14.2. The molecule has 0 aromatic heterocycles. The summed E-state index contributed by atoms with van der Waals surface area (Å²) < 4.78 is 14.3. The van der Waals surface area contributed by atoms with E-state index in [0.29, 0.717) is 10.0 Å². The number of hydrogen-bond donors (Lipinski definition) is 2. The fourth-order valence-corrected chi connectivity index (χ4v) is 2.61. The molecule has 0 aliphatic heterocycles. The number of benzene rings is 2. The van der Waals surface area contributed by atoms with E-state index in [4.69, 9.17) is 11.6 Å². The Hall–Kier alpha value is -1.92. The van der Waals surface area contributed by atoms with Gasteiger partial charge in [0.05, 0.1) is 16.1 Å². The van der Waals surface area contributed by atoms with Gasteiger partial charge in [0.2, 0.25) is 0 Å². The van der Waals surface area contributed by atoms with Crippen molar-refractivity contribution in [3.8, 4) is 0 Å². The average molecular weight is 400 g/mol. The van der Waals surface area contributed by atoms with Gasteiger partial charge in [-0.3, -0.25) is 9.59 Å². The molecule has 2 aromatic rings. The van der Waals surface area contributed by atoms with Crippen LogP contribution in [0.5, 0.6) is 0 Å². The maximum Gasteiger partial charge on any atom is 0.255 e. The van der Waals surface area contributed by atoms with Crippen molar-refractivity contribution in [2.24, 2.45) is 0 Å². The lowest BCUT2D eigenvalue weighted by Crippen LogP contribution is -2.35. The maximum absolute atomic E-state index is 13.6. The summed E-state index contributed by atoms with van der Waals surface area (Å²) in [5.74, 6) is -1.58. The fourth-order valence-electron chi connectivity index (χ4n) is 1.90. The van der Waals surface area contributed by atoms with Crippen molar-refractivity contribution >= 4 is 39.3 Å². The van der Waals surface area contributed by atoms with Gasteiger partial charge in [-0.1, -0.05) is 29.8 Å². The Labute approximate surface area is 146 Å². The lowest BCUT2D eigenvalue weighted by molar-refractivity contribution is 0.0925. The van der Waals surface area contributed by atoms with Crippen molar-refractivity contribution in [3.63, 3.8) is 0 Å². The SMILES string of the molecule is O=C(NCCNC(=O)c1c(F)cccc1Cl)c1ccccc1Br. The van der Waals surface area contributed by atoms with E-state index in [1.54, 1.807) is 24.3 Å². The third kappa shape index (κ3) is 4.53. The lowest BCUT2D eigenvalue weighted by atomic mass is 10.2. The van der Waals surface area contributed by atoms with E-state index < -0.39 is 11.7 Å². The van der Waals surface area contributed by atoms with Crippen LogP contribution in [0.1, 0.15) is 20.7 Å². The number of halogens is 3. The van der Waals surface area contributed by atoms with Crippen LogP contribution in [0, 0.1) is 5.82 Å². The molecule has 0 spiro atoms. The molecule has 0 saturated heterocycles. The number of nitrogens with one attached hydrogen (secondary N) is 2. The van der Waals surface area contributed by atoms with Crippen molar-refractivity contribution in [1.82, 2.24) is 10.6 Å². The molecule has 2 N–H and O–H groups in total. The third-order valence-corrected chi connectivity index (χ3v) is 4.01. The Kier molecular flexibility index (Phi) is 6.12. The van der Waals surface area contributed by atoms with E-state index in [1.165, 1.54) is 12.1 Å². The van der Waals surface area contributed by atoms with Crippen molar-refractivity contribution in [2.45, 2.75) is 0 Å². The summed E-state index contributed by atoms with van der Waals surface area (Å²) in [5.41, 5.74) is 0.294. The smallest absolute Gasteiger partial charge is 0.255 e. The van der Waals surface area contributed by atoms with E-state index in [0.717, 1.165) is 6.07 Å². The predicted octanol–water partition coefficient (Wildman–Crippen LogP) is 3.40. The summed E-state index contributed by atoms with van der Waals surface area (Å²) in [6.07, 6.45) is 0. The maximum atomic E-state index is 13.6. The molecule has 0 saturated carbocycles. The van der Waals surface area contributed by atoms with Gasteiger partial charge in [-0.2, -0.15) is 0 Å². The summed E-state index contributed by atoms with van der Waals surface area (Å²) in [4.78, 5) is 23.9. The van der Waals surface area contributed by atoms with Gasteiger partial charge in [0, 0.05) is 17.6 Å². The summed E-state index contributed by atoms with van der Waals surface area (Å²) in [6, 6.07) is 11.0. The lowest BCUT2D eigenvalue weighted by Gasteiger charge is -2.09. The van der Waals surface area contributed by atoms with Gasteiger partial charge in [0.15, 0.2) is 0 Å². The molecule has 0 heterocycles. The molecule has 2 rings (SSSR count). The summed E-state index contributed by atoms with van der Waals surface area (Å²) in [5, 5.41) is 5.22. The van der Waals surface area contributed by atoms with Crippen LogP contribution in [-0.4, -0.2) is 24.9 Å². The molecule has 0 fully saturated rings. The topological polar surface area (TPSA) is 58.2 Å². The first kappa shape index (κ1) is 17.4. The van der Waals surface area contributed by atoms with Crippen LogP contribution >= 0.6 is 27.5 Å². The number of carbonyl (C=O) groups excluding carboxylic acids is 2. The molecule has 0 unspecified atom stereocenters. The molecule has 0 atom stereocenters. The van der Waals surface area contributed by atoms with Gasteiger partial charge < -0.3 is 10.6 Å². The largest absolute Gasteiger partial charge is 0.350 e. The highest BCUT2D eigenvalue weighted by atomic mass is 79.9. The highest BCUT2D eigenvalue weighted by molar-refractivity contribution is 9.10. The number of hydrogen-bond acceptors (Lipinski definition) is 2. The Morgan fingerprint density at radius 3 is 2.30 bits per heavy atom. The van der Waals surface area contributed by atoms with Gasteiger partial charge in [-0.05, 0) is 40.2 Å². The highest BCUT2D eigenvalue weighted by Gasteiger charge is 2.15. The van der Waals surface area contributed by atoms with Crippen LogP contribution in [0.3, 0.4) is 0 Å². The Morgan fingerprint density at radius 2 is 1.65 bits per heavy atom. The first-order valence-corrected chi connectivity index (χ1v) is 7.92. The molecular weight excluding hydrogens is 387 g/mol. The second-order valence-electron chi connectivity index (χ2n) is 4.59. The first-order chi connectivity index (χ1) is 11.0. The first-order valence-electron chi connectivity index (χ1n) is 6.75. The summed E-state index contributed by atoms with van der Waals surface area (Å²) >= 11 is 9.10. The van der Waals surface area contributed by atoms with Crippen molar-refractivity contribution in [1.29, 1.82) is 0 Å². The minimum atomic E-state index is -0.688. The zero-order chi connectivity index (χ0) is 16.8.